The third kappa shape index (κ3) is 4.18. The Morgan fingerprint density at radius 1 is 1.28 bits per heavy atom. The van der Waals surface area contributed by atoms with Crippen LogP contribution in [-0.4, -0.2) is 18.5 Å². The molecule has 0 radical (unpaired) electrons. The summed E-state index contributed by atoms with van der Waals surface area (Å²) in [4.78, 5) is 23.0. The van der Waals surface area contributed by atoms with Crippen LogP contribution < -0.4 is 11.1 Å². The maximum atomic E-state index is 11.6. The van der Waals surface area contributed by atoms with Crippen molar-refractivity contribution in [2.24, 2.45) is 11.1 Å². The molecular weight excluding hydrogens is 232 g/mol. The van der Waals surface area contributed by atoms with Crippen molar-refractivity contribution in [1.29, 1.82) is 0 Å². The molecule has 0 saturated heterocycles. The van der Waals surface area contributed by atoms with Crippen LogP contribution in [0.25, 0.3) is 0 Å². The van der Waals surface area contributed by atoms with Crippen molar-refractivity contribution in [2.45, 2.75) is 20.5 Å². The number of rotatable bonds is 4. The van der Waals surface area contributed by atoms with Crippen molar-refractivity contribution >= 4 is 12.0 Å². The molecule has 0 aliphatic rings. The van der Waals surface area contributed by atoms with Gasteiger partial charge in [-0.25, -0.2) is 4.79 Å². The first-order chi connectivity index (χ1) is 8.45. The van der Waals surface area contributed by atoms with Gasteiger partial charge in [-0.3, -0.25) is 10.1 Å². The SMILES string of the molecule is CC(C)(CN)C(=O)NC(=O)OCc1ccccc1. The van der Waals surface area contributed by atoms with E-state index in [0.717, 1.165) is 5.56 Å². The van der Waals surface area contributed by atoms with Crippen LogP contribution in [0.4, 0.5) is 4.79 Å². The maximum Gasteiger partial charge on any atom is 0.414 e. The minimum Gasteiger partial charge on any atom is -0.444 e. The molecule has 0 aliphatic heterocycles. The third-order valence-electron chi connectivity index (χ3n) is 2.55. The minimum absolute atomic E-state index is 0.128. The number of benzene rings is 1. The molecule has 0 aromatic heterocycles. The Morgan fingerprint density at radius 2 is 1.89 bits per heavy atom. The zero-order valence-corrected chi connectivity index (χ0v) is 10.6. The Hall–Kier alpha value is -1.88. The van der Waals surface area contributed by atoms with E-state index in [0.29, 0.717) is 0 Å². The lowest BCUT2D eigenvalue weighted by atomic mass is 9.93. The highest BCUT2D eigenvalue weighted by atomic mass is 16.5. The highest BCUT2D eigenvalue weighted by molar-refractivity contribution is 5.94. The average molecular weight is 250 g/mol. The molecule has 18 heavy (non-hydrogen) atoms. The van der Waals surface area contributed by atoms with Crippen LogP contribution in [0, 0.1) is 5.41 Å². The number of alkyl carbamates (subject to hydrolysis) is 1. The highest BCUT2D eigenvalue weighted by Gasteiger charge is 2.27. The van der Waals surface area contributed by atoms with Gasteiger partial charge in [-0.1, -0.05) is 30.3 Å². The minimum atomic E-state index is -0.786. The smallest absolute Gasteiger partial charge is 0.414 e. The summed E-state index contributed by atoms with van der Waals surface area (Å²) < 4.78 is 4.93. The number of nitrogens with two attached hydrogens (primary N) is 1. The summed E-state index contributed by atoms with van der Waals surface area (Å²) in [6.07, 6.45) is -0.759. The van der Waals surface area contributed by atoms with Gasteiger partial charge in [0.1, 0.15) is 6.61 Å². The third-order valence-corrected chi connectivity index (χ3v) is 2.55. The molecule has 5 nitrogen and oxygen atoms in total. The van der Waals surface area contributed by atoms with E-state index in [4.69, 9.17) is 10.5 Å². The predicted octanol–water partition coefficient (Wildman–Crippen LogP) is 1.42. The second-order valence-electron chi connectivity index (χ2n) is 4.60. The van der Waals surface area contributed by atoms with E-state index in [1.165, 1.54) is 0 Å². The zero-order valence-electron chi connectivity index (χ0n) is 10.6. The zero-order chi connectivity index (χ0) is 13.6. The molecule has 0 bridgehead atoms. The molecular formula is C13H18N2O3. The van der Waals surface area contributed by atoms with Crippen molar-refractivity contribution in [3.05, 3.63) is 35.9 Å². The molecule has 1 aromatic carbocycles. The van der Waals surface area contributed by atoms with Gasteiger partial charge in [0.2, 0.25) is 5.91 Å². The molecule has 98 valence electrons. The number of hydrogen-bond donors (Lipinski definition) is 2. The Morgan fingerprint density at radius 3 is 2.44 bits per heavy atom. The topological polar surface area (TPSA) is 81.4 Å². The van der Waals surface area contributed by atoms with Crippen molar-refractivity contribution in [2.75, 3.05) is 6.54 Å². The fourth-order valence-corrected chi connectivity index (χ4v) is 1.11. The predicted molar refractivity (Wildman–Crippen MR) is 67.6 cm³/mol. The van der Waals surface area contributed by atoms with E-state index >= 15 is 0 Å². The standard InChI is InChI=1S/C13H18N2O3/c1-13(2,9-14)11(16)15-12(17)18-8-10-6-4-3-5-7-10/h3-7H,8-9,14H2,1-2H3,(H,15,16,17). The van der Waals surface area contributed by atoms with Gasteiger partial charge in [0.15, 0.2) is 0 Å². The fourth-order valence-electron chi connectivity index (χ4n) is 1.11. The Bertz CT molecular complexity index is 416. The number of carbonyl (C=O) groups excluding carboxylic acids is 2. The van der Waals surface area contributed by atoms with E-state index in [9.17, 15) is 9.59 Å². The molecule has 3 N–H and O–H groups in total. The summed E-state index contributed by atoms with van der Waals surface area (Å²) in [5, 5.41) is 2.16. The average Bonchev–Trinajstić information content (AvgIpc) is 2.37. The van der Waals surface area contributed by atoms with Crippen LogP contribution in [0.3, 0.4) is 0 Å². The molecule has 1 aromatic rings. The van der Waals surface area contributed by atoms with Gasteiger partial charge >= 0.3 is 6.09 Å². The van der Waals surface area contributed by atoms with Gasteiger partial charge in [0.25, 0.3) is 0 Å². The van der Waals surface area contributed by atoms with Crippen molar-refractivity contribution in [3.63, 3.8) is 0 Å². The molecule has 0 fully saturated rings. The summed E-state index contributed by atoms with van der Waals surface area (Å²) >= 11 is 0. The van der Waals surface area contributed by atoms with Crippen molar-refractivity contribution in [3.8, 4) is 0 Å². The van der Waals surface area contributed by atoms with Gasteiger partial charge in [0, 0.05) is 6.54 Å². The summed E-state index contributed by atoms with van der Waals surface area (Å²) in [5.74, 6) is -0.442. The monoisotopic (exact) mass is 250 g/mol. The number of carbonyl (C=O) groups is 2. The first kappa shape index (κ1) is 14.2. The molecule has 0 unspecified atom stereocenters. The normalized spacial score (nSPS) is 10.8. The lowest BCUT2D eigenvalue weighted by Gasteiger charge is -2.20. The van der Waals surface area contributed by atoms with Crippen LogP contribution in [0.2, 0.25) is 0 Å². The second kappa shape index (κ2) is 6.16. The van der Waals surface area contributed by atoms with E-state index in [1.54, 1.807) is 13.8 Å². The Kier molecular flexibility index (Phi) is 4.85. The summed E-state index contributed by atoms with van der Waals surface area (Å²) in [6, 6.07) is 9.23. The number of nitrogens with one attached hydrogen (secondary N) is 1. The van der Waals surface area contributed by atoms with Gasteiger partial charge < -0.3 is 10.5 Å². The van der Waals surface area contributed by atoms with Crippen molar-refractivity contribution < 1.29 is 14.3 Å². The van der Waals surface area contributed by atoms with Crippen LogP contribution in [-0.2, 0) is 16.1 Å². The molecule has 1 rings (SSSR count). The molecule has 0 aliphatic carbocycles. The van der Waals surface area contributed by atoms with Gasteiger partial charge in [-0.2, -0.15) is 0 Å². The fraction of sp³-hybridized carbons (Fsp3) is 0.385. The highest BCUT2D eigenvalue weighted by Crippen LogP contribution is 2.12. The molecule has 5 heteroatoms. The van der Waals surface area contributed by atoms with E-state index < -0.39 is 17.4 Å². The lowest BCUT2D eigenvalue weighted by Crippen LogP contribution is -2.44. The van der Waals surface area contributed by atoms with Crippen LogP contribution in [0.1, 0.15) is 19.4 Å². The number of imide groups is 1. The summed E-state index contributed by atoms with van der Waals surface area (Å²) in [7, 11) is 0. The van der Waals surface area contributed by atoms with Gasteiger partial charge in [-0.15, -0.1) is 0 Å². The molecule has 0 atom stereocenters. The van der Waals surface area contributed by atoms with Crippen molar-refractivity contribution in [1.82, 2.24) is 5.32 Å². The van der Waals surface area contributed by atoms with E-state index in [1.807, 2.05) is 30.3 Å². The number of hydrogen-bond acceptors (Lipinski definition) is 4. The van der Waals surface area contributed by atoms with Crippen LogP contribution in [0.5, 0.6) is 0 Å². The molecule has 2 amide bonds. The van der Waals surface area contributed by atoms with Gasteiger partial charge in [0.05, 0.1) is 5.41 Å². The summed E-state index contributed by atoms with van der Waals surface area (Å²) in [6.45, 7) is 3.60. The lowest BCUT2D eigenvalue weighted by molar-refractivity contribution is -0.128. The molecule has 0 saturated carbocycles. The first-order valence-corrected chi connectivity index (χ1v) is 5.68. The Balaban J connectivity index is 2.41. The quantitative estimate of drug-likeness (QED) is 0.846. The first-order valence-electron chi connectivity index (χ1n) is 5.68. The number of amides is 2. The number of ether oxygens (including phenoxy) is 1. The Labute approximate surface area is 106 Å². The maximum absolute atomic E-state index is 11.6. The summed E-state index contributed by atoms with van der Waals surface area (Å²) in [5.41, 5.74) is 5.51. The van der Waals surface area contributed by atoms with Crippen LogP contribution in [0.15, 0.2) is 30.3 Å². The van der Waals surface area contributed by atoms with E-state index in [-0.39, 0.29) is 13.2 Å². The molecule has 0 spiro atoms. The largest absolute Gasteiger partial charge is 0.444 e. The molecule has 0 heterocycles. The second-order valence-corrected chi connectivity index (χ2v) is 4.60. The van der Waals surface area contributed by atoms with Crippen LogP contribution >= 0.6 is 0 Å². The van der Waals surface area contributed by atoms with E-state index in [2.05, 4.69) is 5.32 Å². The van der Waals surface area contributed by atoms with Gasteiger partial charge in [-0.05, 0) is 19.4 Å².